The van der Waals surface area contributed by atoms with Crippen LogP contribution in [-0.2, 0) is 0 Å². The first-order valence-corrected chi connectivity index (χ1v) is 7.18. The van der Waals surface area contributed by atoms with Crippen LogP contribution in [0.3, 0.4) is 0 Å². The molecule has 1 rings (SSSR count). The Kier molecular flexibility index (Phi) is 6.90. The van der Waals surface area contributed by atoms with E-state index in [1.165, 1.54) is 0 Å². The maximum Gasteiger partial charge on any atom is 2.00 e. The van der Waals surface area contributed by atoms with E-state index in [2.05, 4.69) is 25.4 Å². The molecule has 0 atom stereocenters. The van der Waals surface area contributed by atoms with Crippen LogP contribution in [0.4, 0.5) is 0 Å². The van der Waals surface area contributed by atoms with Crippen LogP contribution in [0.2, 0.25) is 0 Å². The van der Waals surface area contributed by atoms with Gasteiger partial charge >= 0.3 is 86.9 Å². The van der Waals surface area contributed by atoms with Gasteiger partial charge in [-0.05, 0) is 0 Å². The monoisotopic (exact) mass is 312 g/mol. The molecule has 1 heterocycles. The van der Waals surface area contributed by atoms with E-state index in [0.29, 0.717) is 0 Å². The van der Waals surface area contributed by atoms with E-state index in [4.69, 9.17) is 0 Å². The molecule has 0 fully saturated rings. The van der Waals surface area contributed by atoms with Crippen molar-refractivity contribution in [1.82, 2.24) is 0 Å². The van der Waals surface area contributed by atoms with Crippen LogP contribution in [0.5, 0.6) is 0 Å². The fourth-order valence-corrected chi connectivity index (χ4v) is 2.88. The van der Waals surface area contributed by atoms with Gasteiger partial charge in [0, 0.05) is 0 Å². The maximum absolute atomic E-state index is 2.33. The number of rotatable bonds is 0. The van der Waals surface area contributed by atoms with Gasteiger partial charge in [0.25, 0.3) is 0 Å². The Morgan fingerprint density at radius 1 is 1.14 bits per heavy atom. The van der Waals surface area contributed by atoms with E-state index < -0.39 is 0 Å². The molecule has 7 heavy (non-hydrogen) atoms. The van der Waals surface area contributed by atoms with Gasteiger partial charge in [-0.2, -0.15) is 0 Å². The third-order valence-electron chi connectivity index (χ3n) is 0.667. The molecule has 0 aliphatic carbocycles. The summed E-state index contributed by atoms with van der Waals surface area (Å²) in [6.07, 6.45) is 6.38. The number of hydrogen-bond acceptors (Lipinski definition) is 0. The zero-order valence-corrected chi connectivity index (χ0v) is 10.9. The smallest absolute Gasteiger partial charge is 1.00 e. The standard InChI is InChI=1S/C5H5.Ca.Tl.2H/c1-3-5-4-2;;;;/h1-5H;;;;/q;+2;;2*-1. The predicted molar refractivity (Wildman–Crippen MR) is 38.1 cm³/mol. The van der Waals surface area contributed by atoms with Gasteiger partial charge in [-0.15, -0.1) is 0 Å². The van der Waals surface area contributed by atoms with Gasteiger partial charge < -0.3 is 2.85 Å². The van der Waals surface area contributed by atoms with E-state index in [-0.39, 0.29) is 64.3 Å². The topological polar surface area (TPSA) is 0 Å². The van der Waals surface area contributed by atoms with Gasteiger partial charge in [-0.3, -0.25) is 0 Å². The molecule has 0 spiro atoms. The minimum absolute atomic E-state index is 0. The summed E-state index contributed by atoms with van der Waals surface area (Å²) in [5.41, 5.74) is 0. The SMILES string of the molecule is C1=C[CH]=[Tl][CH]=C1.[Ca+2].[H-].[H-]. The molecule has 1 aliphatic rings. The minimum atomic E-state index is -0.380. The van der Waals surface area contributed by atoms with Crippen LogP contribution < -0.4 is 0 Å². The van der Waals surface area contributed by atoms with Crippen molar-refractivity contribution in [2.24, 2.45) is 0 Å². The Labute approximate surface area is 88.3 Å². The van der Waals surface area contributed by atoms with E-state index in [1.807, 2.05) is 0 Å². The average Bonchev–Trinajstić information content (AvgIpc) is 1.72. The third-order valence-corrected chi connectivity index (χ3v) is 4.12. The van der Waals surface area contributed by atoms with Crippen molar-refractivity contribution in [2.75, 3.05) is 0 Å². The summed E-state index contributed by atoms with van der Waals surface area (Å²) in [7, 11) is 0. The fraction of sp³-hybridized carbons (Fsp3) is 0. The molecule has 0 aromatic heterocycles. The summed E-state index contributed by atoms with van der Waals surface area (Å²) in [6, 6.07) is 0. The second kappa shape index (κ2) is 5.66. The van der Waals surface area contributed by atoms with E-state index in [1.54, 1.807) is 0 Å². The molecule has 0 radical (unpaired) electrons. The van der Waals surface area contributed by atoms with Crippen LogP contribution in [0.25, 0.3) is 0 Å². The van der Waals surface area contributed by atoms with Crippen LogP contribution in [0, 0.1) is 0 Å². The molecule has 0 unspecified atom stereocenters. The number of allylic oxidation sites excluding steroid dienone is 3. The number of hydrogen-bond donors (Lipinski definition) is 0. The zero-order valence-electron chi connectivity index (χ0n) is 6.17. The van der Waals surface area contributed by atoms with Crippen LogP contribution >= 0.6 is 0 Å². The molecule has 32 valence electrons. The molecular formula is C5H7CaTl. The van der Waals surface area contributed by atoms with Gasteiger partial charge in [0.15, 0.2) is 0 Å². The van der Waals surface area contributed by atoms with Crippen molar-refractivity contribution in [1.29, 1.82) is 0 Å². The van der Waals surface area contributed by atoms with Crippen molar-refractivity contribution < 1.29 is 2.85 Å². The summed E-state index contributed by atoms with van der Waals surface area (Å²) >= 11 is -0.380. The molecule has 0 bridgehead atoms. The van der Waals surface area contributed by atoms with Crippen LogP contribution in [0.1, 0.15) is 2.85 Å². The third kappa shape index (κ3) is 4.06. The molecule has 0 aromatic rings. The van der Waals surface area contributed by atoms with Gasteiger partial charge in [0.05, 0.1) is 0 Å². The minimum Gasteiger partial charge on any atom is -1.00 e. The van der Waals surface area contributed by atoms with Crippen molar-refractivity contribution in [3.63, 3.8) is 0 Å². The Balaban J connectivity index is -0.000000120. The summed E-state index contributed by atoms with van der Waals surface area (Å²) in [4.78, 5) is 0. The largest absolute Gasteiger partial charge is 2.00 e. The molecule has 0 aromatic carbocycles. The van der Waals surface area contributed by atoms with Crippen molar-refractivity contribution in [3.8, 4) is 0 Å². The molecule has 0 amide bonds. The normalized spacial score (nSPS) is 12.6. The van der Waals surface area contributed by atoms with E-state index >= 15 is 0 Å². The van der Waals surface area contributed by atoms with Gasteiger partial charge in [-0.1, -0.05) is 0 Å². The molecule has 0 nitrogen and oxygen atoms in total. The van der Waals surface area contributed by atoms with Crippen LogP contribution in [-0.4, -0.2) is 65.0 Å². The first-order chi connectivity index (χ1) is 3.00. The second-order valence-corrected chi connectivity index (χ2v) is 5.64. The Morgan fingerprint density at radius 2 is 2.00 bits per heavy atom. The molecule has 1 aliphatic heterocycles. The Bertz CT molecular complexity index is 84.4. The van der Waals surface area contributed by atoms with Gasteiger partial charge in [-0.25, -0.2) is 0 Å². The maximum atomic E-state index is 2.33. The predicted octanol–water partition coefficient (Wildman–Crippen LogP) is 0.420. The van der Waals surface area contributed by atoms with Gasteiger partial charge in [0.2, 0.25) is 0 Å². The molecule has 0 N–H and O–H groups in total. The van der Waals surface area contributed by atoms with E-state index in [9.17, 15) is 0 Å². The Hall–Kier alpha value is 1.53. The average molecular weight is 312 g/mol. The fourth-order valence-electron chi connectivity index (χ4n) is 0.385. The first-order valence-electron chi connectivity index (χ1n) is 2.00. The van der Waals surface area contributed by atoms with Gasteiger partial charge in [0.1, 0.15) is 0 Å². The Morgan fingerprint density at radius 3 is 2.14 bits per heavy atom. The molecule has 0 saturated carbocycles. The summed E-state index contributed by atoms with van der Waals surface area (Å²) in [5, 5.41) is 0. The van der Waals surface area contributed by atoms with Crippen molar-refractivity contribution in [3.05, 3.63) is 21.9 Å². The van der Waals surface area contributed by atoms with Crippen molar-refractivity contribution in [2.45, 2.75) is 0 Å². The molecular weight excluding hydrogens is 305 g/mol. The molecule has 0 saturated heterocycles. The summed E-state index contributed by atoms with van der Waals surface area (Å²) in [6.45, 7) is 0. The van der Waals surface area contributed by atoms with E-state index in [0.717, 1.165) is 0 Å². The second-order valence-electron chi connectivity index (χ2n) is 1.15. The summed E-state index contributed by atoms with van der Waals surface area (Å²) < 4.78 is 4.67. The van der Waals surface area contributed by atoms with Crippen molar-refractivity contribution >= 4 is 65.0 Å². The summed E-state index contributed by atoms with van der Waals surface area (Å²) in [5.74, 6) is 0. The van der Waals surface area contributed by atoms with Crippen LogP contribution in [0.15, 0.2) is 21.9 Å². The first kappa shape index (κ1) is 8.53. The zero-order chi connectivity index (χ0) is 4.24. The quantitative estimate of drug-likeness (QED) is 0.569. The molecule has 2 heteroatoms.